The number of rotatable bonds is 6. The first-order chi connectivity index (χ1) is 13.7. The van der Waals surface area contributed by atoms with Gasteiger partial charge < -0.3 is 9.47 Å². The standard InChI is InChI=1S/C22H21NO3S2/c24-21-20(28-22(27)23(21)14-19-10-5-11-25-19)13-17-8-4-9-18(12-17)26-15-16-6-2-1-3-7-16/h1-4,6-9,12-13,19H,5,10-11,14-15H2/b20-13-/t19-/m0/s1. The molecule has 28 heavy (non-hydrogen) atoms. The van der Waals surface area contributed by atoms with Gasteiger partial charge in [-0.2, -0.15) is 0 Å². The average Bonchev–Trinajstić information content (AvgIpc) is 3.32. The minimum absolute atomic E-state index is 0.0406. The van der Waals surface area contributed by atoms with Crippen molar-refractivity contribution in [3.05, 3.63) is 70.6 Å². The summed E-state index contributed by atoms with van der Waals surface area (Å²) in [4.78, 5) is 15.1. The summed E-state index contributed by atoms with van der Waals surface area (Å²) in [6, 6.07) is 17.8. The van der Waals surface area contributed by atoms with Crippen LogP contribution in [0.1, 0.15) is 24.0 Å². The predicted molar refractivity (Wildman–Crippen MR) is 116 cm³/mol. The molecule has 0 aliphatic carbocycles. The second-order valence-corrected chi connectivity index (χ2v) is 8.45. The van der Waals surface area contributed by atoms with Gasteiger partial charge in [-0.3, -0.25) is 9.69 Å². The fraction of sp³-hybridized carbons (Fsp3) is 0.273. The molecule has 0 bridgehead atoms. The van der Waals surface area contributed by atoms with Crippen LogP contribution >= 0.6 is 24.0 Å². The first-order valence-corrected chi connectivity index (χ1v) is 10.6. The van der Waals surface area contributed by atoms with Crippen molar-refractivity contribution in [2.45, 2.75) is 25.6 Å². The molecule has 0 aromatic heterocycles. The van der Waals surface area contributed by atoms with Crippen LogP contribution in [-0.4, -0.2) is 34.4 Å². The van der Waals surface area contributed by atoms with E-state index in [2.05, 4.69) is 0 Å². The molecule has 1 amide bonds. The Bertz CT molecular complexity index is 892. The Kier molecular flexibility index (Phi) is 6.10. The van der Waals surface area contributed by atoms with Crippen molar-refractivity contribution < 1.29 is 14.3 Å². The SMILES string of the molecule is O=C1/C(=C/c2cccc(OCc3ccccc3)c2)SC(=S)N1C[C@@H]1CCCO1. The highest BCUT2D eigenvalue weighted by molar-refractivity contribution is 8.26. The van der Waals surface area contributed by atoms with Crippen LogP contribution in [-0.2, 0) is 16.1 Å². The second-order valence-electron chi connectivity index (χ2n) is 6.77. The van der Waals surface area contributed by atoms with Crippen LogP contribution in [0, 0.1) is 0 Å². The molecule has 4 rings (SSSR count). The lowest BCUT2D eigenvalue weighted by Crippen LogP contribution is -2.35. The van der Waals surface area contributed by atoms with Gasteiger partial charge in [0.1, 0.15) is 16.7 Å². The Hall–Kier alpha value is -2.15. The first kappa shape index (κ1) is 19.2. The summed E-state index contributed by atoms with van der Waals surface area (Å²) in [6.45, 7) is 1.82. The summed E-state index contributed by atoms with van der Waals surface area (Å²) < 4.78 is 12.1. The van der Waals surface area contributed by atoms with Gasteiger partial charge in [0.25, 0.3) is 5.91 Å². The van der Waals surface area contributed by atoms with Crippen LogP contribution in [0.4, 0.5) is 0 Å². The third-order valence-electron chi connectivity index (χ3n) is 4.69. The zero-order chi connectivity index (χ0) is 19.3. The summed E-state index contributed by atoms with van der Waals surface area (Å²) in [5.41, 5.74) is 2.03. The Morgan fingerprint density at radius 3 is 2.86 bits per heavy atom. The second kappa shape index (κ2) is 8.90. The van der Waals surface area contributed by atoms with Crippen LogP contribution in [0.3, 0.4) is 0 Å². The van der Waals surface area contributed by atoms with E-state index in [1.807, 2.05) is 60.7 Å². The normalized spacial score (nSPS) is 20.9. The van der Waals surface area contributed by atoms with Crippen LogP contribution in [0.2, 0.25) is 0 Å². The van der Waals surface area contributed by atoms with E-state index in [1.165, 1.54) is 11.8 Å². The minimum atomic E-state index is -0.0406. The molecule has 144 valence electrons. The Labute approximate surface area is 174 Å². The van der Waals surface area contributed by atoms with Crippen LogP contribution in [0.15, 0.2) is 59.5 Å². The van der Waals surface area contributed by atoms with E-state index in [1.54, 1.807) is 4.90 Å². The number of amides is 1. The molecule has 1 atom stereocenters. The zero-order valence-electron chi connectivity index (χ0n) is 15.4. The molecule has 4 nitrogen and oxygen atoms in total. The fourth-order valence-electron chi connectivity index (χ4n) is 3.24. The number of hydrogen-bond donors (Lipinski definition) is 0. The van der Waals surface area contributed by atoms with Gasteiger partial charge >= 0.3 is 0 Å². The van der Waals surface area contributed by atoms with Gasteiger partial charge in [-0.15, -0.1) is 0 Å². The van der Waals surface area contributed by atoms with Gasteiger partial charge in [0.05, 0.1) is 17.6 Å². The largest absolute Gasteiger partial charge is 0.489 e. The zero-order valence-corrected chi connectivity index (χ0v) is 17.0. The van der Waals surface area contributed by atoms with E-state index in [9.17, 15) is 4.79 Å². The molecule has 2 aliphatic heterocycles. The summed E-state index contributed by atoms with van der Waals surface area (Å²) in [5, 5.41) is 0. The fourth-order valence-corrected chi connectivity index (χ4v) is 4.51. The summed E-state index contributed by atoms with van der Waals surface area (Å²) in [5.74, 6) is 0.730. The van der Waals surface area contributed by atoms with E-state index < -0.39 is 0 Å². The number of thiocarbonyl (C=S) groups is 1. The maximum atomic E-state index is 12.8. The van der Waals surface area contributed by atoms with Gasteiger partial charge in [0, 0.05) is 6.61 Å². The predicted octanol–water partition coefficient (Wildman–Crippen LogP) is 4.65. The van der Waals surface area contributed by atoms with Crippen LogP contribution in [0.25, 0.3) is 6.08 Å². The lowest BCUT2D eigenvalue weighted by Gasteiger charge is -2.18. The van der Waals surface area contributed by atoms with Gasteiger partial charge in [-0.1, -0.05) is 66.4 Å². The third-order valence-corrected chi connectivity index (χ3v) is 6.07. The molecule has 0 radical (unpaired) electrons. The highest BCUT2D eigenvalue weighted by Gasteiger charge is 2.34. The smallest absolute Gasteiger partial charge is 0.266 e. The number of ether oxygens (including phenoxy) is 2. The van der Waals surface area contributed by atoms with Gasteiger partial charge in [0.2, 0.25) is 0 Å². The Morgan fingerprint density at radius 1 is 1.21 bits per heavy atom. The minimum Gasteiger partial charge on any atom is -0.489 e. The molecule has 2 aromatic carbocycles. The van der Waals surface area contributed by atoms with E-state index in [0.29, 0.717) is 22.4 Å². The van der Waals surface area contributed by atoms with Gasteiger partial charge in [-0.25, -0.2) is 0 Å². The maximum absolute atomic E-state index is 12.8. The van der Waals surface area contributed by atoms with Gasteiger partial charge in [-0.05, 0) is 42.2 Å². The van der Waals surface area contributed by atoms with E-state index >= 15 is 0 Å². The van der Waals surface area contributed by atoms with Crippen molar-refractivity contribution in [1.82, 2.24) is 4.90 Å². The summed E-state index contributed by atoms with van der Waals surface area (Å²) in [7, 11) is 0. The number of thioether (sulfide) groups is 1. The van der Waals surface area contributed by atoms with Crippen molar-refractivity contribution in [2.75, 3.05) is 13.2 Å². The Balaban J connectivity index is 1.43. The molecule has 2 saturated heterocycles. The molecule has 2 aromatic rings. The van der Waals surface area contributed by atoms with E-state index in [-0.39, 0.29) is 12.0 Å². The van der Waals surface area contributed by atoms with Crippen LogP contribution < -0.4 is 4.74 Å². The highest BCUT2D eigenvalue weighted by atomic mass is 32.2. The molecule has 2 aliphatic rings. The number of benzene rings is 2. The van der Waals surface area contributed by atoms with Crippen molar-refractivity contribution in [3.63, 3.8) is 0 Å². The molecule has 6 heteroatoms. The average molecular weight is 412 g/mol. The number of carbonyl (C=O) groups excluding carboxylic acids is 1. The molecule has 2 fully saturated rings. The highest BCUT2D eigenvalue weighted by Crippen LogP contribution is 2.34. The van der Waals surface area contributed by atoms with E-state index in [0.717, 1.165) is 36.3 Å². The lowest BCUT2D eigenvalue weighted by molar-refractivity contribution is -0.123. The van der Waals surface area contributed by atoms with E-state index in [4.69, 9.17) is 21.7 Å². The lowest BCUT2D eigenvalue weighted by atomic mass is 10.2. The summed E-state index contributed by atoms with van der Waals surface area (Å²) in [6.07, 6.45) is 4.00. The number of nitrogens with zero attached hydrogens (tertiary/aromatic N) is 1. The topological polar surface area (TPSA) is 38.8 Å². The van der Waals surface area contributed by atoms with Crippen LogP contribution in [0.5, 0.6) is 5.75 Å². The summed E-state index contributed by atoms with van der Waals surface area (Å²) >= 11 is 6.76. The monoisotopic (exact) mass is 411 g/mol. The van der Waals surface area contributed by atoms with Gasteiger partial charge in [0.15, 0.2) is 0 Å². The molecule has 2 heterocycles. The quantitative estimate of drug-likeness (QED) is 0.511. The van der Waals surface area contributed by atoms with Crippen molar-refractivity contribution >= 4 is 40.3 Å². The molecule has 0 spiro atoms. The molecule has 0 unspecified atom stereocenters. The Morgan fingerprint density at radius 2 is 2.07 bits per heavy atom. The molecular formula is C22H21NO3S2. The van der Waals surface area contributed by atoms with Crippen molar-refractivity contribution in [3.8, 4) is 5.75 Å². The molecule has 0 saturated carbocycles. The number of carbonyl (C=O) groups is 1. The molecular weight excluding hydrogens is 390 g/mol. The van der Waals surface area contributed by atoms with Crippen molar-refractivity contribution in [1.29, 1.82) is 0 Å². The molecule has 0 N–H and O–H groups in total. The maximum Gasteiger partial charge on any atom is 0.266 e. The third kappa shape index (κ3) is 4.63. The number of hydrogen-bond acceptors (Lipinski definition) is 5. The first-order valence-electron chi connectivity index (χ1n) is 9.33. The van der Waals surface area contributed by atoms with Crippen molar-refractivity contribution in [2.24, 2.45) is 0 Å².